The summed E-state index contributed by atoms with van der Waals surface area (Å²) in [5.74, 6) is -1.01. The maximum Gasteiger partial charge on any atom is 0.305 e. The van der Waals surface area contributed by atoms with Crippen molar-refractivity contribution in [3.63, 3.8) is 0 Å². The van der Waals surface area contributed by atoms with Crippen LogP contribution < -0.4 is 5.32 Å². The number of hydrogen-bond donors (Lipinski definition) is 2. The zero-order chi connectivity index (χ0) is 13.7. The third-order valence-corrected chi connectivity index (χ3v) is 2.33. The number of nitrogens with zero attached hydrogens (tertiary/aromatic N) is 1. The Morgan fingerprint density at radius 2 is 2.16 bits per heavy atom. The number of amides is 1. The lowest BCUT2D eigenvalue weighted by molar-refractivity contribution is -0.136. The van der Waals surface area contributed by atoms with Crippen LogP contribution in [0.1, 0.15) is 12.3 Å². The third-order valence-electron chi connectivity index (χ3n) is 2.33. The van der Waals surface area contributed by atoms with Crippen molar-refractivity contribution in [1.82, 2.24) is 10.3 Å². The molecule has 0 unspecified atom stereocenters. The molecular weight excluding hydrogens is 248 g/mol. The van der Waals surface area contributed by atoms with Gasteiger partial charge in [0.25, 0.3) is 0 Å². The molecule has 1 heterocycles. The second kappa shape index (κ2) is 5.81. The molecule has 0 fully saturated rings. The van der Waals surface area contributed by atoms with Crippen LogP contribution in [0.15, 0.2) is 34.8 Å². The Hall–Kier alpha value is -2.63. The Morgan fingerprint density at radius 1 is 1.37 bits per heavy atom. The molecule has 19 heavy (non-hydrogen) atoms. The van der Waals surface area contributed by atoms with E-state index in [2.05, 4.69) is 10.3 Å². The van der Waals surface area contributed by atoms with Crippen LogP contribution in [0.5, 0.6) is 0 Å². The molecule has 0 radical (unpaired) electrons. The molecule has 0 saturated heterocycles. The fourth-order valence-corrected chi connectivity index (χ4v) is 1.46. The number of fused-ring (bicyclic) bond motifs is 1. The summed E-state index contributed by atoms with van der Waals surface area (Å²) in [6.45, 7) is 0.0894. The molecule has 0 bridgehead atoms. The number of hydrogen-bond acceptors (Lipinski definition) is 4. The van der Waals surface area contributed by atoms with E-state index >= 15 is 0 Å². The van der Waals surface area contributed by atoms with E-state index in [9.17, 15) is 9.59 Å². The lowest BCUT2D eigenvalue weighted by Crippen LogP contribution is -2.23. The largest absolute Gasteiger partial charge is 0.481 e. The van der Waals surface area contributed by atoms with Gasteiger partial charge in [-0.3, -0.25) is 9.59 Å². The van der Waals surface area contributed by atoms with Gasteiger partial charge >= 0.3 is 5.97 Å². The van der Waals surface area contributed by atoms with E-state index in [-0.39, 0.29) is 18.9 Å². The standard InChI is InChI=1S/C13H12N2O4/c16-11(14-8-7-13(17)18)5-6-12-15-9-3-1-2-4-10(9)19-12/h1-6H,7-8H2,(H,14,16)(H,17,18)/b6-5+. The number of rotatable bonds is 5. The second-order valence-corrected chi connectivity index (χ2v) is 3.79. The number of aromatic nitrogens is 1. The molecule has 6 nitrogen and oxygen atoms in total. The molecule has 0 atom stereocenters. The summed E-state index contributed by atoms with van der Waals surface area (Å²) in [5, 5.41) is 10.9. The second-order valence-electron chi connectivity index (χ2n) is 3.79. The Kier molecular flexibility index (Phi) is 3.92. The molecule has 1 aromatic heterocycles. The summed E-state index contributed by atoms with van der Waals surface area (Å²) in [7, 11) is 0. The van der Waals surface area contributed by atoms with Crippen molar-refractivity contribution in [2.75, 3.05) is 6.54 Å². The van der Waals surface area contributed by atoms with Crippen molar-refractivity contribution < 1.29 is 19.1 Å². The van der Waals surface area contributed by atoms with Crippen LogP contribution in [0.25, 0.3) is 17.2 Å². The molecule has 2 aromatic rings. The number of oxazole rings is 1. The number of carbonyl (C=O) groups is 2. The van der Waals surface area contributed by atoms with Crippen LogP contribution in [0.4, 0.5) is 0 Å². The Bertz CT molecular complexity index is 597. The monoisotopic (exact) mass is 260 g/mol. The minimum Gasteiger partial charge on any atom is -0.481 e. The molecule has 0 aliphatic rings. The average molecular weight is 260 g/mol. The van der Waals surface area contributed by atoms with Crippen molar-refractivity contribution in [3.05, 3.63) is 36.2 Å². The fraction of sp³-hybridized carbons (Fsp3) is 0.154. The van der Waals surface area contributed by atoms with Gasteiger partial charge in [0.15, 0.2) is 5.58 Å². The van der Waals surface area contributed by atoms with Crippen LogP contribution in [-0.2, 0) is 9.59 Å². The Balaban J connectivity index is 1.94. The molecule has 1 aromatic carbocycles. The smallest absolute Gasteiger partial charge is 0.305 e. The highest BCUT2D eigenvalue weighted by molar-refractivity contribution is 5.91. The predicted molar refractivity (Wildman–Crippen MR) is 68.3 cm³/mol. The van der Waals surface area contributed by atoms with Gasteiger partial charge in [-0.25, -0.2) is 4.98 Å². The number of nitrogens with one attached hydrogen (secondary N) is 1. The number of para-hydroxylation sites is 2. The lowest BCUT2D eigenvalue weighted by atomic mass is 10.3. The first-order valence-corrected chi connectivity index (χ1v) is 5.68. The van der Waals surface area contributed by atoms with Gasteiger partial charge in [0.1, 0.15) is 5.52 Å². The van der Waals surface area contributed by atoms with Crippen LogP contribution >= 0.6 is 0 Å². The zero-order valence-electron chi connectivity index (χ0n) is 10.00. The summed E-state index contributed by atoms with van der Waals surface area (Å²) >= 11 is 0. The van der Waals surface area contributed by atoms with Crippen LogP contribution in [0.3, 0.4) is 0 Å². The number of carboxylic acids is 1. The highest BCUT2D eigenvalue weighted by atomic mass is 16.4. The number of benzene rings is 1. The van der Waals surface area contributed by atoms with E-state index in [1.165, 1.54) is 12.2 Å². The van der Waals surface area contributed by atoms with Crippen LogP contribution in [-0.4, -0.2) is 28.5 Å². The van der Waals surface area contributed by atoms with Crippen LogP contribution in [0, 0.1) is 0 Å². The van der Waals surface area contributed by atoms with E-state index in [4.69, 9.17) is 9.52 Å². The van der Waals surface area contributed by atoms with E-state index in [1.807, 2.05) is 18.2 Å². The summed E-state index contributed by atoms with van der Waals surface area (Å²) < 4.78 is 5.39. The molecule has 0 aliphatic carbocycles. The van der Waals surface area contributed by atoms with Gasteiger partial charge in [-0.2, -0.15) is 0 Å². The van der Waals surface area contributed by atoms with Crippen molar-refractivity contribution in [2.45, 2.75) is 6.42 Å². The van der Waals surface area contributed by atoms with Gasteiger partial charge < -0.3 is 14.8 Å². The predicted octanol–water partition coefficient (Wildman–Crippen LogP) is 1.43. The fourth-order valence-electron chi connectivity index (χ4n) is 1.46. The molecule has 2 rings (SSSR count). The average Bonchev–Trinajstić information content (AvgIpc) is 2.78. The normalized spacial score (nSPS) is 10.9. The third kappa shape index (κ3) is 3.67. The number of carboxylic acid groups (broad SMARTS) is 1. The van der Waals surface area contributed by atoms with Crippen molar-refractivity contribution >= 4 is 29.1 Å². The Morgan fingerprint density at radius 3 is 2.89 bits per heavy atom. The van der Waals surface area contributed by atoms with Gasteiger partial charge in [-0.15, -0.1) is 0 Å². The molecular formula is C13H12N2O4. The van der Waals surface area contributed by atoms with Gasteiger partial charge in [-0.05, 0) is 12.1 Å². The molecule has 1 amide bonds. The molecule has 6 heteroatoms. The first-order valence-electron chi connectivity index (χ1n) is 5.68. The van der Waals surface area contributed by atoms with Gasteiger partial charge in [-0.1, -0.05) is 12.1 Å². The SMILES string of the molecule is O=C(O)CCNC(=O)/C=C/c1nc2ccccc2o1. The molecule has 98 valence electrons. The quantitative estimate of drug-likeness (QED) is 0.793. The topological polar surface area (TPSA) is 92.4 Å². The van der Waals surface area contributed by atoms with Gasteiger partial charge in [0.2, 0.25) is 11.8 Å². The first-order chi connectivity index (χ1) is 9.15. The van der Waals surface area contributed by atoms with Crippen molar-refractivity contribution in [3.8, 4) is 0 Å². The van der Waals surface area contributed by atoms with E-state index in [0.29, 0.717) is 17.0 Å². The highest BCUT2D eigenvalue weighted by Crippen LogP contribution is 2.15. The molecule has 0 aliphatic heterocycles. The molecule has 0 saturated carbocycles. The van der Waals surface area contributed by atoms with E-state index in [1.54, 1.807) is 6.07 Å². The van der Waals surface area contributed by atoms with Crippen LogP contribution in [0.2, 0.25) is 0 Å². The summed E-state index contributed by atoms with van der Waals surface area (Å²) in [6, 6.07) is 7.27. The van der Waals surface area contributed by atoms with Gasteiger partial charge in [0.05, 0.1) is 6.42 Å². The zero-order valence-corrected chi connectivity index (χ0v) is 10.00. The van der Waals surface area contributed by atoms with Gasteiger partial charge in [0, 0.05) is 18.7 Å². The van der Waals surface area contributed by atoms with Crippen molar-refractivity contribution in [1.29, 1.82) is 0 Å². The van der Waals surface area contributed by atoms with E-state index in [0.717, 1.165) is 0 Å². The minimum atomic E-state index is -0.955. The maximum atomic E-state index is 11.4. The highest BCUT2D eigenvalue weighted by Gasteiger charge is 2.02. The molecule has 2 N–H and O–H groups in total. The first kappa shape index (κ1) is 12.8. The number of aliphatic carboxylic acids is 1. The Labute approximate surface area is 108 Å². The van der Waals surface area contributed by atoms with E-state index < -0.39 is 5.97 Å². The van der Waals surface area contributed by atoms with Crippen molar-refractivity contribution in [2.24, 2.45) is 0 Å². The summed E-state index contributed by atoms with van der Waals surface area (Å²) in [5.41, 5.74) is 1.36. The molecule has 0 spiro atoms. The minimum absolute atomic E-state index is 0.0894. The summed E-state index contributed by atoms with van der Waals surface area (Å²) in [4.78, 5) is 25.8. The maximum absolute atomic E-state index is 11.4. The lowest BCUT2D eigenvalue weighted by Gasteiger charge is -1.97. The number of carbonyl (C=O) groups excluding carboxylic acids is 1. The summed E-state index contributed by atoms with van der Waals surface area (Å²) in [6.07, 6.45) is 2.59.